The maximum Gasteiger partial charge on any atom is 0.257 e. The molecule has 0 unspecified atom stereocenters. The molecule has 7 heteroatoms. The van der Waals surface area contributed by atoms with Crippen LogP contribution in [-0.2, 0) is 16.6 Å². The molecular formula is C9H18N4O2S. The molecule has 1 aromatic heterocycles. The van der Waals surface area contributed by atoms with Gasteiger partial charge in [0.15, 0.2) is 5.03 Å². The molecule has 0 spiro atoms. The van der Waals surface area contributed by atoms with E-state index in [1.165, 1.54) is 16.9 Å². The van der Waals surface area contributed by atoms with E-state index in [4.69, 9.17) is 5.73 Å². The highest BCUT2D eigenvalue weighted by atomic mass is 32.2. The van der Waals surface area contributed by atoms with Crippen molar-refractivity contribution < 1.29 is 8.42 Å². The minimum absolute atomic E-state index is 0.166. The second-order valence-electron chi connectivity index (χ2n) is 4.30. The minimum Gasteiger partial charge on any atom is -0.324 e. The molecule has 6 nitrogen and oxygen atoms in total. The van der Waals surface area contributed by atoms with E-state index in [1.54, 1.807) is 13.8 Å². The molecule has 0 saturated carbocycles. The number of rotatable bonds is 5. The van der Waals surface area contributed by atoms with E-state index in [2.05, 4.69) is 9.82 Å². The Hall–Kier alpha value is -0.920. The highest BCUT2D eigenvalue weighted by Gasteiger charge is 2.21. The van der Waals surface area contributed by atoms with Crippen LogP contribution in [0.5, 0.6) is 0 Å². The summed E-state index contributed by atoms with van der Waals surface area (Å²) < 4.78 is 27.7. The minimum atomic E-state index is -3.52. The largest absolute Gasteiger partial charge is 0.324 e. The Kier molecular flexibility index (Phi) is 3.72. The fraction of sp³-hybridized carbons (Fsp3) is 0.667. The maximum absolute atomic E-state index is 11.9. The van der Waals surface area contributed by atoms with Gasteiger partial charge < -0.3 is 5.73 Å². The Balaban J connectivity index is 2.87. The van der Waals surface area contributed by atoms with Gasteiger partial charge in [-0.1, -0.05) is 0 Å². The average Bonchev–Trinajstić information content (AvgIpc) is 2.62. The van der Waals surface area contributed by atoms with Crippen LogP contribution in [0.25, 0.3) is 0 Å². The average molecular weight is 246 g/mol. The standard InChI is InChI=1S/C9H18N4O2S/c1-4-13-8(5-6-11-13)16(14,15)12-7-9(2,3)10/h5-6,12H,4,7,10H2,1-3H3. The van der Waals surface area contributed by atoms with E-state index in [1.807, 2.05) is 6.92 Å². The molecule has 1 rings (SSSR count). The Morgan fingerprint density at radius 2 is 2.19 bits per heavy atom. The summed E-state index contributed by atoms with van der Waals surface area (Å²) in [4.78, 5) is 0. The van der Waals surface area contributed by atoms with Gasteiger partial charge in [-0.15, -0.1) is 0 Å². The molecule has 92 valence electrons. The van der Waals surface area contributed by atoms with E-state index in [0.29, 0.717) is 6.54 Å². The van der Waals surface area contributed by atoms with Crippen LogP contribution in [0.3, 0.4) is 0 Å². The number of hydrogen-bond donors (Lipinski definition) is 2. The summed E-state index contributed by atoms with van der Waals surface area (Å²) in [5.74, 6) is 0. The SMILES string of the molecule is CCn1nccc1S(=O)(=O)NCC(C)(C)N. The van der Waals surface area contributed by atoms with E-state index in [0.717, 1.165) is 0 Å². The van der Waals surface area contributed by atoms with Gasteiger partial charge in [0.2, 0.25) is 0 Å². The summed E-state index contributed by atoms with van der Waals surface area (Å²) in [6, 6.07) is 1.47. The third-order valence-corrected chi connectivity index (χ3v) is 3.39. The van der Waals surface area contributed by atoms with Crippen molar-refractivity contribution in [3.63, 3.8) is 0 Å². The summed E-state index contributed by atoms with van der Waals surface area (Å²) in [5, 5.41) is 4.08. The Labute approximate surface area is 95.9 Å². The molecule has 0 atom stereocenters. The van der Waals surface area contributed by atoms with Crippen molar-refractivity contribution in [2.45, 2.75) is 37.9 Å². The fourth-order valence-corrected chi connectivity index (χ4v) is 2.54. The van der Waals surface area contributed by atoms with Gasteiger partial charge in [0, 0.05) is 18.6 Å². The van der Waals surface area contributed by atoms with Crippen molar-refractivity contribution in [2.75, 3.05) is 6.54 Å². The highest BCUT2D eigenvalue weighted by Crippen LogP contribution is 2.08. The van der Waals surface area contributed by atoms with Crippen molar-refractivity contribution in [1.82, 2.24) is 14.5 Å². The first-order chi connectivity index (χ1) is 7.26. The summed E-state index contributed by atoms with van der Waals surface area (Å²) >= 11 is 0. The van der Waals surface area contributed by atoms with Crippen molar-refractivity contribution >= 4 is 10.0 Å². The van der Waals surface area contributed by atoms with Crippen LogP contribution < -0.4 is 10.5 Å². The van der Waals surface area contributed by atoms with Gasteiger partial charge in [-0.3, -0.25) is 4.68 Å². The monoisotopic (exact) mass is 246 g/mol. The van der Waals surface area contributed by atoms with Gasteiger partial charge in [0.1, 0.15) is 0 Å². The third-order valence-electron chi connectivity index (χ3n) is 1.97. The Morgan fingerprint density at radius 1 is 1.56 bits per heavy atom. The molecule has 16 heavy (non-hydrogen) atoms. The summed E-state index contributed by atoms with van der Waals surface area (Å²) in [6.07, 6.45) is 1.46. The third kappa shape index (κ3) is 3.29. The number of hydrogen-bond acceptors (Lipinski definition) is 4. The molecule has 0 saturated heterocycles. The van der Waals surface area contributed by atoms with Crippen LogP contribution in [0.15, 0.2) is 17.3 Å². The first-order valence-electron chi connectivity index (χ1n) is 5.06. The second-order valence-corrected chi connectivity index (χ2v) is 6.01. The van der Waals surface area contributed by atoms with Gasteiger partial charge in [-0.25, -0.2) is 13.1 Å². The van der Waals surface area contributed by atoms with Crippen molar-refractivity contribution in [3.8, 4) is 0 Å². The zero-order valence-electron chi connectivity index (χ0n) is 9.77. The number of aromatic nitrogens is 2. The molecular weight excluding hydrogens is 228 g/mol. The number of nitrogens with two attached hydrogens (primary N) is 1. The summed E-state index contributed by atoms with van der Waals surface area (Å²) in [5.41, 5.74) is 5.14. The predicted molar refractivity (Wildman–Crippen MR) is 61.4 cm³/mol. The van der Waals surface area contributed by atoms with Gasteiger partial charge in [-0.05, 0) is 26.8 Å². The first-order valence-corrected chi connectivity index (χ1v) is 6.55. The summed E-state index contributed by atoms with van der Waals surface area (Å²) in [7, 11) is -3.52. The zero-order valence-corrected chi connectivity index (χ0v) is 10.6. The van der Waals surface area contributed by atoms with Crippen molar-refractivity contribution in [2.24, 2.45) is 5.73 Å². The zero-order chi connectivity index (χ0) is 12.4. The Bertz CT molecular complexity index is 444. The molecule has 0 amide bonds. The topological polar surface area (TPSA) is 90.0 Å². The molecule has 0 radical (unpaired) electrons. The van der Waals surface area contributed by atoms with Crippen LogP contribution in [0.1, 0.15) is 20.8 Å². The van der Waals surface area contributed by atoms with Gasteiger partial charge in [0.05, 0.1) is 6.20 Å². The molecule has 3 N–H and O–H groups in total. The van der Waals surface area contributed by atoms with E-state index >= 15 is 0 Å². The lowest BCUT2D eigenvalue weighted by Gasteiger charge is -2.19. The van der Waals surface area contributed by atoms with Crippen LogP contribution in [-0.4, -0.2) is 30.3 Å². The highest BCUT2D eigenvalue weighted by molar-refractivity contribution is 7.89. The smallest absolute Gasteiger partial charge is 0.257 e. The predicted octanol–water partition coefficient (Wildman–Crippen LogP) is -0.0814. The molecule has 0 fully saturated rings. The molecule has 0 aliphatic carbocycles. The number of aryl methyl sites for hydroxylation is 1. The van der Waals surface area contributed by atoms with Crippen LogP contribution >= 0.6 is 0 Å². The second kappa shape index (κ2) is 4.52. The van der Waals surface area contributed by atoms with Gasteiger partial charge in [0.25, 0.3) is 10.0 Å². The van der Waals surface area contributed by atoms with Gasteiger partial charge >= 0.3 is 0 Å². The number of nitrogens with one attached hydrogen (secondary N) is 1. The maximum atomic E-state index is 11.9. The van der Waals surface area contributed by atoms with Crippen LogP contribution in [0.4, 0.5) is 0 Å². The lowest BCUT2D eigenvalue weighted by Crippen LogP contribution is -2.45. The quantitative estimate of drug-likeness (QED) is 0.760. The summed E-state index contributed by atoms with van der Waals surface area (Å²) in [6.45, 7) is 6.04. The van der Waals surface area contributed by atoms with E-state index < -0.39 is 15.6 Å². The molecule has 1 heterocycles. The number of sulfonamides is 1. The fourth-order valence-electron chi connectivity index (χ4n) is 1.14. The molecule has 1 aromatic rings. The van der Waals surface area contributed by atoms with Crippen molar-refractivity contribution in [1.29, 1.82) is 0 Å². The Morgan fingerprint density at radius 3 is 2.69 bits per heavy atom. The molecule has 0 bridgehead atoms. The lowest BCUT2D eigenvalue weighted by molar-refractivity contribution is 0.490. The molecule has 0 aromatic carbocycles. The molecule has 0 aliphatic rings. The van der Waals surface area contributed by atoms with Gasteiger partial charge in [-0.2, -0.15) is 5.10 Å². The van der Waals surface area contributed by atoms with E-state index in [9.17, 15) is 8.42 Å². The lowest BCUT2D eigenvalue weighted by atomic mass is 10.1. The van der Waals surface area contributed by atoms with Crippen LogP contribution in [0.2, 0.25) is 0 Å². The first kappa shape index (κ1) is 13.1. The number of nitrogens with zero attached hydrogens (tertiary/aromatic N) is 2. The molecule has 0 aliphatic heterocycles. The van der Waals surface area contributed by atoms with E-state index in [-0.39, 0.29) is 11.6 Å². The normalized spacial score (nSPS) is 13.0. The van der Waals surface area contributed by atoms with Crippen LogP contribution in [0, 0.1) is 0 Å². The van der Waals surface area contributed by atoms with Crippen molar-refractivity contribution in [3.05, 3.63) is 12.3 Å².